The van der Waals surface area contributed by atoms with Gasteiger partial charge in [-0.25, -0.2) is 0 Å². The fourth-order valence-corrected chi connectivity index (χ4v) is 4.37. The van der Waals surface area contributed by atoms with Crippen LogP contribution in [-0.2, 0) is 4.74 Å². The quantitative estimate of drug-likeness (QED) is 0.625. The monoisotopic (exact) mass is 233 g/mol. The Morgan fingerprint density at radius 3 is 2.12 bits per heavy atom. The maximum atomic E-state index is 5.51. The molecule has 94 valence electrons. The molecule has 0 amide bonds. The topological polar surface area (TPSA) is 12.5 Å². The second-order valence-electron chi connectivity index (χ2n) is 6.90. The molecule has 3 fully saturated rings. The number of likely N-dealkylation sites (tertiary alicyclic amines) is 1. The minimum Gasteiger partial charge on any atom is -0.381 e. The average Bonchev–Trinajstić information content (AvgIpc) is 2.90. The molecule has 3 rings (SSSR count). The molecule has 0 bridgehead atoms. The molecular weight excluding hydrogens is 208 g/mol. The van der Waals surface area contributed by atoms with Gasteiger partial charge in [-0.05, 0) is 48.8 Å². The number of fused-ring (bicyclic) bond motifs is 1. The van der Waals surface area contributed by atoms with Crippen LogP contribution in [0.25, 0.3) is 0 Å². The van der Waals surface area contributed by atoms with E-state index in [0.29, 0.717) is 5.34 Å². The highest BCUT2D eigenvalue weighted by molar-refractivity contribution is 6.40. The molecule has 0 aromatic carbocycles. The zero-order valence-corrected chi connectivity index (χ0v) is 11.5. The summed E-state index contributed by atoms with van der Waals surface area (Å²) >= 11 is 0. The average molecular weight is 233 g/mol. The number of hydrogen-bond acceptors (Lipinski definition) is 2. The van der Waals surface area contributed by atoms with E-state index in [1.807, 2.05) is 0 Å². The van der Waals surface area contributed by atoms with Crippen molar-refractivity contribution in [3.8, 4) is 0 Å². The van der Waals surface area contributed by atoms with Crippen molar-refractivity contribution < 1.29 is 4.74 Å². The minimum atomic E-state index is 0.397. The summed E-state index contributed by atoms with van der Waals surface area (Å²) in [5.74, 6) is 2.89. The predicted molar refractivity (Wildman–Crippen MR) is 75.8 cm³/mol. The summed E-state index contributed by atoms with van der Waals surface area (Å²) in [6, 6.07) is 0. The largest absolute Gasteiger partial charge is 0.381 e. The van der Waals surface area contributed by atoms with E-state index in [4.69, 9.17) is 4.74 Å². The van der Waals surface area contributed by atoms with Gasteiger partial charge in [0.25, 0.3) is 0 Å². The molecule has 3 aliphatic rings. The maximum Gasteiger partial charge on any atom is 0.117 e. The summed E-state index contributed by atoms with van der Waals surface area (Å²) in [6.45, 7) is 4.70. The van der Waals surface area contributed by atoms with Crippen LogP contribution in [0.15, 0.2) is 0 Å². The lowest BCUT2D eigenvalue weighted by molar-refractivity contribution is 0.0375. The lowest BCUT2D eigenvalue weighted by Crippen LogP contribution is -2.55. The lowest BCUT2D eigenvalue weighted by atomic mass is 9.52. The van der Waals surface area contributed by atoms with Crippen molar-refractivity contribution in [1.29, 1.82) is 0 Å². The van der Waals surface area contributed by atoms with Gasteiger partial charge >= 0.3 is 0 Å². The summed E-state index contributed by atoms with van der Waals surface area (Å²) in [6.07, 6.45) is 6.99. The second-order valence-corrected chi connectivity index (χ2v) is 6.90. The van der Waals surface area contributed by atoms with Crippen LogP contribution < -0.4 is 0 Å². The predicted octanol–water partition coefficient (Wildman–Crippen LogP) is 0.0649. The van der Waals surface area contributed by atoms with Crippen molar-refractivity contribution in [2.45, 2.75) is 37.4 Å². The lowest BCUT2D eigenvalue weighted by Gasteiger charge is -2.45. The summed E-state index contributed by atoms with van der Waals surface area (Å²) < 4.78 is 5.51. The third-order valence-electron chi connectivity index (χ3n) is 5.76. The van der Waals surface area contributed by atoms with Gasteiger partial charge in [-0.1, -0.05) is 6.42 Å². The highest BCUT2D eigenvalue weighted by atomic mass is 16.5. The van der Waals surface area contributed by atoms with Gasteiger partial charge in [0.05, 0.1) is 0 Å². The van der Waals surface area contributed by atoms with E-state index in [1.54, 1.807) is 0 Å². The first-order valence-electron chi connectivity index (χ1n) is 7.50. The Labute approximate surface area is 107 Å². The zero-order chi connectivity index (χ0) is 11.9. The standard InChI is InChI=1S/C13H25B2NO/c14-13(15,12-4-6-17-7-5-12)16-8-10-2-1-3-11(10)9-16/h10-12H,1-9,14-15H2/t10-,11+. The highest BCUT2D eigenvalue weighted by Gasteiger charge is 2.44. The third kappa shape index (κ3) is 2.19. The van der Waals surface area contributed by atoms with Crippen LogP contribution in [0.1, 0.15) is 32.1 Å². The Kier molecular flexibility index (Phi) is 3.29. The molecule has 17 heavy (non-hydrogen) atoms. The zero-order valence-electron chi connectivity index (χ0n) is 11.5. The van der Waals surface area contributed by atoms with Crippen molar-refractivity contribution in [2.75, 3.05) is 26.3 Å². The van der Waals surface area contributed by atoms with Gasteiger partial charge in [-0.2, -0.15) is 0 Å². The molecule has 2 aliphatic heterocycles. The first-order chi connectivity index (χ1) is 8.18. The van der Waals surface area contributed by atoms with Crippen LogP contribution in [0, 0.1) is 17.8 Å². The van der Waals surface area contributed by atoms with Crippen molar-refractivity contribution in [3.05, 3.63) is 0 Å². The molecule has 0 spiro atoms. The SMILES string of the molecule is BC(B)(C1CCOCC1)N1C[C@H]2CCC[C@H]2C1. The number of rotatable bonds is 2. The van der Waals surface area contributed by atoms with Gasteiger partial charge < -0.3 is 9.64 Å². The molecule has 2 heterocycles. The number of hydrogen-bond donors (Lipinski definition) is 0. The smallest absolute Gasteiger partial charge is 0.117 e. The molecule has 0 N–H and O–H groups in total. The molecule has 1 saturated carbocycles. The number of ether oxygens (including phenoxy) is 1. The normalized spacial score (nSPS) is 36.2. The van der Waals surface area contributed by atoms with Crippen molar-refractivity contribution in [3.63, 3.8) is 0 Å². The van der Waals surface area contributed by atoms with Gasteiger partial charge in [0.2, 0.25) is 0 Å². The molecule has 0 radical (unpaired) electrons. The third-order valence-corrected chi connectivity index (χ3v) is 5.76. The molecule has 0 unspecified atom stereocenters. The van der Waals surface area contributed by atoms with Crippen LogP contribution in [-0.4, -0.2) is 52.2 Å². The van der Waals surface area contributed by atoms with Gasteiger partial charge in [0.1, 0.15) is 15.7 Å². The molecule has 0 aromatic rings. The Morgan fingerprint density at radius 2 is 1.53 bits per heavy atom. The van der Waals surface area contributed by atoms with E-state index in [9.17, 15) is 0 Å². The molecule has 0 aromatic heterocycles. The fourth-order valence-electron chi connectivity index (χ4n) is 4.37. The van der Waals surface area contributed by atoms with Crippen LogP contribution in [0.5, 0.6) is 0 Å². The van der Waals surface area contributed by atoms with Crippen molar-refractivity contribution in [1.82, 2.24) is 4.90 Å². The summed E-state index contributed by atoms with van der Waals surface area (Å²) in [4.78, 5) is 2.80. The van der Waals surface area contributed by atoms with Crippen LogP contribution in [0.2, 0.25) is 0 Å². The molecule has 2 nitrogen and oxygen atoms in total. The minimum absolute atomic E-state index is 0.397. The Balaban J connectivity index is 1.66. The Hall–Kier alpha value is 0.0499. The van der Waals surface area contributed by atoms with Crippen LogP contribution in [0.3, 0.4) is 0 Å². The summed E-state index contributed by atoms with van der Waals surface area (Å²) in [7, 11) is 4.95. The molecule has 4 heteroatoms. The van der Waals surface area contributed by atoms with Gasteiger partial charge in [0.15, 0.2) is 0 Å². The molecule has 2 atom stereocenters. The summed E-state index contributed by atoms with van der Waals surface area (Å²) in [5.41, 5.74) is 0. The van der Waals surface area contributed by atoms with Gasteiger partial charge in [0, 0.05) is 26.3 Å². The Morgan fingerprint density at radius 1 is 0.941 bits per heavy atom. The van der Waals surface area contributed by atoms with Crippen LogP contribution >= 0.6 is 0 Å². The van der Waals surface area contributed by atoms with E-state index in [0.717, 1.165) is 31.0 Å². The summed E-state index contributed by atoms with van der Waals surface area (Å²) in [5, 5.41) is 0.397. The molecule has 1 aliphatic carbocycles. The van der Waals surface area contributed by atoms with Gasteiger partial charge in [-0.3, -0.25) is 0 Å². The number of nitrogens with zero attached hydrogens (tertiary/aromatic N) is 1. The van der Waals surface area contributed by atoms with Crippen LogP contribution in [0.4, 0.5) is 0 Å². The second kappa shape index (κ2) is 4.62. The fraction of sp³-hybridized carbons (Fsp3) is 1.00. The highest BCUT2D eigenvalue weighted by Crippen LogP contribution is 2.41. The Bertz CT molecular complexity index is 267. The van der Waals surface area contributed by atoms with E-state index < -0.39 is 0 Å². The van der Waals surface area contributed by atoms with E-state index >= 15 is 0 Å². The van der Waals surface area contributed by atoms with E-state index in [1.165, 1.54) is 45.2 Å². The van der Waals surface area contributed by atoms with Crippen molar-refractivity contribution >= 4 is 15.7 Å². The first-order valence-corrected chi connectivity index (χ1v) is 7.50. The first kappa shape index (κ1) is 12.1. The van der Waals surface area contributed by atoms with Gasteiger partial charge in [-0.15, -0.1) is 0 Å². The van der Waals surface area contributed by atoms with Crippen molar-refractivity contribution in [2.24, 2.45) is 17.8 Å². The molecule has 2 saturated heterocycles. The van der Waals surface area contributed by atoms with E-state index in [-0.39, 0.29) is 0 Å². The van der Waals surface area contributed by atoms with E-state index in [2.05, 4.69) is 20.6 Å². The maximum absolute atomic E-state index is 5.51. The molecular formula is C13H25B2NO.